The number of ether oxygens (including phenoxy) is 1. The van der Waals surface area contributed by atoms with E-state index < -0.39 is 7.92 Å². The normalized spacial score (nSPS) is 18.8. The second-order valence-electron chi connectivity index (χ2n) is 7.77. The molecular formula is C27H29O2P. The minimum absolute atomic E-state index is 0.0163. The van der Waals surface area contributed by atoms with Gasteiger partial charge < -0.3 is 9.84 Å². The van der Waals surface area contributed by atoms with E-state index in [1.807, 2.05) is 24.3 Å². The van der Waals surface area contributed by atoms with Crippen LogP contribution in [0.25, 0.3) is 0 Å². The molecule has 3 heteroatoms. The van der Waals surface area contributed by atoms with Gasteiger partial charge in [0.15, 0.2) is 0 Å². The summed E-state index contributed by atoms with van der Waals surface area (Å²) in [4.78, 5) is 0. The maximum Gasteiger partial charge on any atom is 0.285 e. The van der Waals surface area contributed by atoms with Gasteiger partial charge in [0.1, 0.15) is 6.61 Å². The molecule has 0 amide bonds. The van der Waals surface area contributed by atoms with Crippen LogP contribution in [0.1, 0.15) is 32.1 Å². The zero-order valence-electron chi connectivity index (χ0n) is 17.3. The third kappa shape index (κ3) is 5.12. The zero-order chi connectivity index (χ0) is 20.6. The molecule has 1 saturated carbocycles. The van der Waals surface area contributed by atoms with Gasteiger partial charge in [0.25, 0.3) is 5.95 Å². The van der Waals surface area contributed by atoms with Crippen molar-refractivity contribution < 1.29 is 9.84 Å². The molecule has 0 atom stereocenters. The van der Waals surface area contributed by atoms with Crippen LogP contribution < -0.4 is 10.6 Å². The molecule has 154 valence electrons. The molecule has 0 radical (unpaired) electrons. The van der Waals surface area contributed by atoms with Crippen molar-refractivity contribution in [3.63, 3.8) is 0 Å². The lowest BCUT2D eigenvalue weighted by Gasteiger charge is -2.22. The van der Waals surface area contributed by atoms with Gasteiger partial charge >= 0.3 is 0 Å². The molecule has 0 spiro atoms. The highest BCUT2D eigenvalue weighted by atomic mass is 31.1. The number of allylic oxidation sites excluding steroid dienone is 6. The number of aliphatic hydroxyl groups excluding tert-OH is 1. The van der Waals surface area contributed by atoms with Gasteiger partial charge in [0.05, 0.1) is 5.57 Å². The van der Waals surface area contributed by atoms with Crippen LogP contribution >= 0.6 is 7.92 Å². The maximum absolute atomic E-state index is 10.7. The molecule has 2 nitrogen and oxygen atoms in total. The van der Waals surface area contributed by atoms with Crippen molar-refractivity contribution in [2.75, 3.05) is 6.61 Å². The zero-order valence-corrected chi connectivity index (χ0v) is 18.2. The Hall–Kier alpha value is -2.57. The fraction of sp³-hybridized carbons (Fsp3) is 0.259. The van der Waals surface area contributed by atoms with E-state index in [9.17, 15) is 5.11 Å². The maximum atomic E-state index is 10.7. The van der Waals surface area contributed by atoms with E-state index >= 15 is 0 Å². The molecule has 1 fully saturated rings. The first-order chi connectivity index (χ1) is 14.8. The lowest BCUT2D eigenvalue weighted by molar-refractivity contribution is 0.110. The van der Waals surface area contributed by atoms with Crippen LogP contribution in [-0.4, -0.2) is 11.7 Å². The molecule has 30 heavy (non-hydrogen) atoms. The van der Waals surface area contributed by atoms with E-state index in [1.165, 1.54) is 42.7 Å². The lowest BCUT2D eigenvalue weighted by atomic mass is 9.89. The first-order valence-corrected chi connectivity index (χ1v) is 12.2. The summed E-state index contributed by atoms with van der Waals surface area (Å²) >= 11 is 0. The Kier molecular flexibility index (Phi) is 7.21. The van der Waals surface area contributed by atoms with Gasteiger partial charge in [-0.25, -0.2) is 0 Å². The van der Waals surface area contributed by atoms with Crippen molar-refractivity contribution in [3.05, 3.63) is 108 Å². The van der Waals surface area contributed by atoms with Gasteiger partial charge in [-0.15, -0.1) is 0 Å². The van der Waals surface area contributed by atoms with Crippen molar-refractivity contribution in [1.82, 2.24) is 0 Å². The van der Waals surface area contributed by atoms with Crippen LogP contribution in [0.5, 0.6) is 0 Å². The van der Waals surface area contributed by atoms with Crippen LogP contribution in [0, 0.1) is 5.92 Å². The molecule has 0 aliphatic heterocycles. The highest BCUT2D eigenvalue weighted by Gasteiger charge is 2.25. The van der Waals surface area contributed by atoms with Crippen LogP contribution in [-0.2, 0) is 4.74 Å². The van der Waals surface area contributed by atoms with Crippen LogP contribution in [0.15, 0.2) is 108 Å². The number of benzene rings is 2. The molecule has 2 aliphatic rings. The smallest absolute Gasteiger partial charge is 0.285 e. The van der Waals surface area contributed by atoms with Gasteiger partial charge in [-0.05, 0) is 48.7 Å². The van der Waals surface area contributed by atoms with Crippen molar-refractivity contribution in [2.24, 2.45) is 5.92 Å². The van der Waals surface area contributed by atoms with Crippen LogP contribution in [0.2, 0.25) is 0 Å². The fourth-order valence-electron chi connectivity index (χ4n) is 4.15. The first-order valence-electron chi connectivity index (χ1n) is 10.8. The summed E-state index contributed by atoms with van der Waals surface area (Å²) in [7, 11) is -0.770. The number of rotatable bonds is 7. The van der Waals surface area contributed by atoms with Crippen molar-refractivity contribution in [2.45, 2.75) is 32.1 Å². The molecule has 0 aromatic heterocycles. The predicted molar refractivity (Wildman–Crippen MR) is 128 cm³/mol. The summed E-state index contributed by atoms with van der Waals surface area (Å²) in [5.74, 6) is 0.686. The third-order valence-corrected chi connectivity index (χ3v) is 8.17. The highest BCUT2D eigenvalue weighted by molar-refractivity contribution is 7.77. The van der Waals surface area contributed by atoms with E-state index in [0.29, 0.717) is 12.5 Å². The van der Waals surface area contributed by atoms with E-state index in [4.69, 9.17) is 4.74 Å². The number of hydrogen-bond acceptors (Lipinski definition) is 2. The average molecular weight is 417 g/mol. The monoisotopic (exact) mass is 416 g/mol. The molecular weight excluding hydrogens is 387 g/mol. The number of aliphatic hydroxyl groups is 1. The summed E-state index contributed by atoms with van der Waals surface area (Å²) in [5.41, 5.74) is 0.792. The predicted octanol–water partition coefficient (Wildman–Crippen LogP) is 6.50. The molecule has 2 aliphatic carbocycles. The largest absolute Gasteiger partial charge is 0.481 e. The number of hydrogen-bond donors (Lipinski definition) is 1. The SMILES string of the molecule is O/C(OC/C=C/C1CCCCC1)=C1\C=CC=C1P(c1ccccc1)c1ccccc1. The topological polar surface area (TPSA) is 29.5 Å². The Morgan fingerprint density at radius 1 is 0.933 bits per heavy atom. The molecule has 1 N–H and O–H groups in total. The summed E-state index contributed by atoms with van der Waals surface area (Å²) in [5, 5.41) is 14.4. The minimum Gasteiger partial charge on any atom is -0.481 e. The van der Waals surface area contributed by atoms with Crippen molar-refractivity contribution >= 4 is 18.5 Å². The minimum atomic E-state index is -0.770. The quantitative estimate of drug-likeness (QED) is 0.317. The Labute approximate surface area is 181 Å². The molecule has 2 aromatic carbocycles. The molecule has 4 rings (SSSR count). The summed E-state index contributed by atoms with van der Waals surface area (Å²) in [6, 6.07) is 21.1. The van der Waals surface area contributed by atoms with Crippen molar-refractivity contribution in [3.8, 4) is 0 Å². The van der Waals surface area contributed by atoms with E-state index in [-0.39, 0.29) is 5.95 Å². The highest BCUT2D eigenvalue weighted by Crippen LogP contribution is 2.49. The van der Waals surface area contributed by atoms with Gasteiger partial charge in [-0.3, -0.25) is 0 Å². The second kappa shape index (κ2) is 10.5. The van der Waals surface area contributed by atoms with Gasteiger partial charge in [-0.2, -0.15) is 0 Å². The van der Waals surface area contributed by atoms with E-state index in [1.54, 1.807) is 0 Å². The summed E-state index contributed by atoms with van der Waals surface area (Å²) in [6.07, 6.45) is 17.0. The third-order valence-electron chi connectivity index (χ3n) is 5.67. The average Bonchev–Trinajstić information content (AvgIpc) is 3.28. The molecule has 0 saturated heterocycles. The Bertz CT molecular complexity index is 896. The lowest BCUT2D eigenvalue weighted by Crippen LogP contribution is -2.13. The van der Waals surface area contributed by atoms with E-state index in [0.717, 1.165) is 10.9 Å². The standard InChI is InChI=1S/C27H29O2P/c28-27(29-21-11-14-22-12-4-1-5-13-22)25-19-10-20-26(25)30(23-15-6-2-7-16-23)24-17-8-3-9-18-24/h2-3,6-11,14-20,22,28H,1,4-5,12-13,21H2/b14-11+,27-25-. The van der Waals surface area contributed by atoms with Gasteiger partial charge in [-0.1, -0.05) is 104 Å². The van der Waals surface area contributed by atoms with Crippen LogP contribution in [0.3, 0.4) is 0 Å². The van der Waals surface area contributed by atoms with E-state index in [2.05, 4.69) is 66.8 Å². The Balaban J connectivity index is 1.52. The summed E-state index contributed by atoms with van der Waals surface area (Å²) in [6.45, 7) is 0.404. The van der Waals surface area contributed by atoms with Gasteiger partial charge in [0.2, 0.25) is 0 Å². The van der Waals surface area contributed by atoms with Crippen LogP contribution in [0.4, 0.5) is 0 Å². The fourth-order valence-corrected chi connectivity index (χ4v) is 6.59. The molecule has 0 unspecified atom stereocenters. The summed E-state index contributed by atoms with van der Waals surface area (Å²) < 4.78 is 5.74. The molecule has 2 aromatic rings. The van der Waals surface area contributed by atoms with Gasteiger partial charge in [0, 0.05) is 0 Å². The Morgan fingerprint density at radius 2 is 1.57 bits per heavy atom. The molecule has 0 bridgehead atoms. The first kappa shape index (κ1) is 20.7. The second-order valence-corrected chi connectivity index (χ2v) is 9.96. The van der Waals surface area contributed by atoms with Crippen molar-refractivity contribution in [1.29, 1.82) is 0 Å². The Morgan fingerprint density at radius 3 is 2.20 bits per heavy atom. The molecule has 0 heterocycles.